The lowest BCUT2D eigenvalue weighted by molar-refractivity contribution is -0.132. The number of ether oxygens (including phenoxy) is 1. The number of piperidine rings is 1. The molecule has 164 valence electrons. The minimum absolute atomic E-state index is 0.00454. The fourth-order valence-electron chi connectivity index (χ4n) is 3.77. The van der Waals surface area contributed by atoms with Crippen molar-refractivity contribution in [3.8, 4) is 0 Å². The molecule has 1 aliphatic rings. The van der Waals surface area contributed by atoms with Crippen molar-refractivity contribution < 1.29 is 14.3 Å². The summed E-state index contributed by atoms with van der Waals surface area (Å²) in [6.45, 7) is 11.3. The van der Waals surface area contributed by atoms with Crippen LogP contribution in [0.5, 0.6) is 0 Å². The van der Waals surface area contributed by atoms with Gasteiger partial charge in [-0.3, -0.25) is 4.79 Å². The van der Waals surface area contributed by atoms with Crippen LogP contribution < -0.4 is 0 Å². The largest absolute Gasteiger partial charge is 0.444 e. The zero-order valence-corrected chi connectivity index (χ0v) is 18.8. The Morgan fingerprint density at radius 2 is 2.00 bits per heavy atom. The van der Waals surface area contributed by atoms with Crippen molar-refractivity contribution in [3.63, 3.8) is 0 Å². The number of hydrogen-bond acceptors (Lipinski definition) is 6. The van der Waals surface area contributed by atoms with Gasteiger partial charge in [-0.05, 0) is 59.4 Å². The maximum absolute atomic E-state index is 12.9. The maximum atomic E-state index is 12.9. The van der Waals surface area contributed by atoms with E-state index < -0.39 is 5.60 Å². The third kappa shape index (κ3) is 5.46. The fraction of sp³-hybridized carbons (Fsp3) is 0.667. The van der Waals surface area contributed by atoms with Crippen molar-refractivity contribution in [3.05, 3.63) is 23.3 Å². The standard InChI is InChI=1S/C21H32N6O3/c1-14-10-15(2)27-19(22-14)23-17(24-27)11-18(28)26-9-7-8-16(13-26)12-25(6)20(29)30-21(3,4)5/h10,16H,7-9,11-13H2,1-6H3. The first-order chi connectivity index (χ1) is 14.0. The third-order valence-electron chi connectivity index (χ3n) is 5.08. The average Bonchev–Trinajstić information content (AvgIpc) is 3.03. The topological polar surface area (TPSA) is 92.9 Å². The molecule has 1 fully saturated rings. The molecule has 0 bridgehead atoms. The second-order valence-corrected chi connectivity index (χ2v) is 9.16. The number of hydrogen-bond donors (Lipinski definition) is 0. The molecule has 1 aliphatic heterocycles. The molecular formula is C21H32N6O3. The lowest BCUT2D eigenvalue weighted by Gasteiger charge is -2.35. The Hall–Kier alpha value is -2.71. The molecule has 0 spiro atoms. The highest BCUT2D eigenvalue weighted by molar-refractivity contribution is 5.78. The summed E-state index contributed by atoms with van der Waals surface area (Å²) in [4.78, 5) is 37.3. The van der Waals surface area contributed by atoms with E-state index in [1.165, 1.54) is 0 Å². The van der Waals surface area contributed by atoms with E-state index in [1.807, 2.05) is 45.6 Å². The number of aryl methyl sites for hydroxylation is 2. The predicted molar refractivity (Wildman–Crippen MR) is 112 cm³/mol. The molecule has 0 N–H and O–H groups in total. The van der Waals surface area contributed by atoms with Gasteiger partial charge in [0.2, 0.25) is 5.91 Å². The SMILES string of the molecule is Cc1cc(C)n2nc(CC(=O)N3CCCC(CN(C)C(=O)OC(C)(C)C)C3)nc2n1. The van der Waals surface area contributed by atoms with Crippen LogP contribution in [-0.4, -0.2) is 73.7 Å². The first-order valence-electron chi connectivity index (χ1n) is 10.4. The van der Waals surface area contributed by atoms with Crippen LogP contribution in [0.2, 0.25) is 0 Å². The average molecular weight is 417 g/mol. The van der Waals surface area contributed by atoms with E-state index >= 15 is 0 Å². The third-order valence-corrected chi connectivity index (χ3v) is 5.08. The minimum Gasteiger partial charge on any atom is -0.444 e. The zero-order valence-electron chi connectivity index (χ0n) is 18.8. The van der Waals surface area contributed by atoms with Gasteiger partial charge in [0.25, 0.3) is 5.78 Å². The Kier molecular flexibility index (Phi) is 6.28. The predicted octanol–water partition coefficient (Wildman–Crippen LogP) is 2.39. The van der Waals surface area contributed by atoms with Crippen LogP contribution in [0.25, 0.3) is 5.78 Å². The molecule has 9 nitrogen and oxygen atoms in total. The monoisotopic (exact) mass is 416 g/mol. The summed E-state index contributed by atoms with van der Waals surface area (Å²) in [6.07, 6.45) is 1.71. The van der Waals surface area contributed by atoms with Gasteiger partial charge >= 0.3 is 6.09 Å². The smallest absolute Gasteiger partial charge is 0.410 e. The highest BCUT2D eigenvalue weighted by Crippen LogP contribution is 2.19. The summed E-state index contributed by atoms with van der Waals surface area (Å²) in [7, 11) is 1.74. The quantitative estimate of drug-likeness (QED) is 0.760. The van der Waals surface area contributed by atoms with Gasteiger partial charge in [0.15, 0.2) is 5.82 Å². The maximum Gasteiger partial charge on any atom is 0.410 e. The first kappa shape index (κ1) is 22.0. The van der Waals surface area contributed by atoms with Gasteiger partial charge in [0, 0.05) is 38.1 Å². The zero-order chi connectivity index (χ0) is 22.1. The summed E-state index contributed by atoms with van der Waals surface area (Å²) < 4.78 is 7.09. The summed E-state index contributed by atoms with van der Waals surface area (Å²) in [5.41, 5.74) is 1.29. The number of nitrogens with zero attached hydrogens (tertiary/aromatic N) is 6. The van der Waals surface area contributed by atoms with E-state index in [9.17, 15) is 9.59 Å². The number of amides is 2. The van der Waals surface area contributed by atoms with Crippen molar-refractivity contribution in [2.24, 2.45) is 5.92 Å². The summed E-state index contributed by atoms with van der Waals surface area (Å²) in [6, 6.07) is 1.93. The number of carbonyl (C=O) groups is 2. The van der Waals surface area contributed by atoms with Gasteiger partial charge in [0.1, 0.15) is 5.60 Å². The van der Waals surface area contributed by atoms with Crippen LogP contribution in [0.15, 0.2) is 6.07 Å². The van der Waals surface area contributed by atoms with Crippen molar-refractivity contribution in [2.75, 3.05) is 26.7 Å². The van der Waals surface area contributed by atoms with E-state index in [0.717, 1.165) is 30.8 Å². The normalized spacial score (nSPS) is 17.3. The van der Waals surface area contributed by atoms with Crippen LogP contribution in [0.4, 0.5) is 4.79 Å². The molecule has 2 amide bonds. The van der Waals surface area contributed by atoms with Gasteiger partial charge in [-0.25, -0.2) is 14.3 Å². The molecular weight excluding hydrogens is 384 g/mol. The Morgan fingerprint density at radius 1 is 1.27 bits per heavy atom. The summed E-state index contributed by atoms with van der Waals surface area (Å²) in [5, 5.41) is 4.44. The fourth-order valence-corrected chi connectivity index (χ4v) is 3.77. The molecule has 0 aliphatic carbocycles. The Bertz CT molecular complexity index is 933. The Morgan fingerprint density at radius 3 is 2.70 bits per heavy atom. The molecule has 1 unspecified atom stereocenters. The molecule has 3 heterocycles. The number of aromatic nitrogens is 4. The first-order valence-corrected chi connectivity index (χ1v) is 10.4. The lowest BCUT2D eigenvalue weighted by atomic mass is 9.97. The van der Waals surface area contributed by atoms with Crippen LogP contribution >= 0.6 is 0 Å². The van der Waals surface area contributed by atoms with E-state index in [1.54, 1.807) is 16.5 Å². The van der Waals surface area contributed by atoms with Gasteiger partial charge in [-0.1, -0.05) is 0 Å². The Labute approximate surface area is 177 Å². The highest BCUT2D eigenvalue weighted by atomic mass is 16.6. The lowest BCUT2D eigenvalue weighted by Crippen LogP contribution is -2.45. The number of carbonyl (C=O) groups excluding carboxylic acids is 2. The van der Waals surface area contributed by atoms with Gasteiger partial charge in [-0.2, -0.15) is 4.98 Å². The second kappa shape index (κ2) is 8.57. The molecule has 1 saturated heterocycles. The molecule has 0 radical (unpaired) electrons. The van der Waals surface area contributed by atoms with E-state index in [0.29, 0.717) is 24.7 Å². The number of rotatable bonds is 4. The molecule has 0 aromatic carbocycles. The summed E-state index contributed by atoms with van der Waals surface area (Å²) in [5.74, 6) is 1.23. The molecule has 2 aromatic rings. The number of likely N-dealkylation sites (tertiary alicyclic amines) is 1. The molecule has 3 rings (SSSR count). The van der Waals surface area contributed by atoms with Crippen LogP contribution in [-0.2, 0) is 16.0 Å². The van der Waals surface area contributed by atoms with Gasteiger partial charge in [0.05, 0.1) is 6.42 Å². The van der Waals surface area contributed by atoms with Crippen LogP contribution in [0.1, 0.15) is 50.8 Å². The second-order valence-electron chi connectivity index (χ2n) is 9.16. The van der Waals surface area contributed by atoms with Crippen LogP contribution in [0, 0.1) is 19.8 Å². The molecule has 9 heteroatoms. The summed E-state index contributed by atoms with van der Waals surface area (Å²) >= 11 is 0. The minimum atomic E-state index is -0.521. The molecule has 2 aromatic heterocycles. The number of fused-ring (bicyclic) bond motifs is 1. The van der Waals surface area contributed by atoms with E-state index in [2.05, 4.69) is 15.1 Å². The van der Waals surface area contributed by atoms with Crippen LogP contribution in [0.3, 0.4) is 0 Å². The van der Waals surface area contributed by atoms with E-state index in [-0.39, 0.29) is 24.3 Å². The van der Waals surface area contributed by atoms with Crippen molar-refractivity contribution in [1.82, 2.24) is 29.4 Å². The molecule has 1 atom stereocenters. The highest BCUT2D eigenvalue weighted by Gasteiger charge is 2.28. The van der Waals surface area contributed by atoms with E-state index in [4.69, 9.17) is 4.74 Å². The molecule has 30 heavy (non-hydrogen) atoms. The van der Waals surface area contributed by atoms with Crippen molar-refractivity contribution >= 4 is 17.8 Å². The van der Waals surface area contributed by atoms with Crippen molar-refractivity contribution in [2.45, 2.75) is 59.5 Å². The molecule has 0 saturated carbocycles. The Balaban J connectivity index is 1.59. The van der Waals surface area contributed by atoms with Crippen molar-refractivity contribution in [1.29, 1.82) is 0 Å². The van der Waals surface area contributed by atoms with Gasteiger partial charge in [-0.15, -0.1) is 5.10 Å². The van der Waals surface area contributed by atoms with Gasteiger partial charge < -0.3 is 14.5 Å².